The Balaban J connectivity index is 2.50. The minimum atomic E-state index is -0.186. The molecule has 0 bridgehead atoms. The van der Waals surface area contributed by atoms with Crippen molar-refractivity contribution in [3.05, 3.63) is 28.2 Å². The van der Waals surface area contributed by atoms with Gasteiger partial charge in [0.25, 0.3) is 0 Å². The molecule has 0 aliphatic heterocycles. The van der Waals surface area contributed by atoms with Crippen molar-refractivity contribution in [3.63, 3.8) is 0 Å². The molecule has 1 rings (SSSR count). The van der Waals surface area contributed by atoms with Gasteiger partial charge in [-0.1, -0.05) is 15.9 Å². The third-order valence-corrected chi connectivity index (χ3v) is 3.02. The molecular formula is C13H19BrN2O. The number of halogens is 1. The number of carbonyl (C=O) groups excluding carboxylic acids is 1. The average molecular weight is 299 g/mol. The lowest BCUT2D eigenvalue weighted by atomic mass is 10.1. The summed E-state index contributed by atoms with van der Waals surface area (Å²) in [4.78, 5) is 11.6. The predicted molar refractivity (Wildman–Crippen MR) is 75.3 cm³/mol. The molecular weight excluding hydrogens is 280 g/mol. The van der Waals surface area contributed by atoms with Crippen molar-refractivity contribution in [2.75, 3.05) is 11.9 Å². The van der Waals surface area contributed by atoms with E-state index in [9.17, 15) is 4.79 Å². The van der Waals surface area contributed by atoms with Crippen LogP contribution in [0.5, 0.6) is 0 Å². The van der Waals surface area contributed by atoms with E-state index in [2.05, 4.69) is 26.6 Å². The van der Waals surface area contributed by atoms with Gasteiger partial charge in [-0.05, 0) is 51.5 Å². The van der Waals surface area contributed by atoms with Gasteiger partial charge in [-0.2, -0.15) is 0 Å². The number of hydrogen-bond acceptors (Lipinski definition) is 2. The van der Waals surface area contributed by atoms with Crippen LogP contribution in [0, 0.1) is 6.92 Å². The highest BCUT2D eigenvalue weighted by Crippen LogP contribution is 2.19. The molecule has 1 aromatic carbocycles. The second kappa shape index (κ2) is 5.54. The van der Waals surface area contributed by atoms with Crippen molar-refractivity contribution in [3.8, 4) is 0 Å². The van der Waals surface area contributed by atoms with E-state index in [0.717, 1.165) is 15.7 Å². The fourth-order valence-electron chi connectivity index (χ4n) is 1.40. The summed E-state index contributed by atoms with van der Waals surface area (Å²) in [6.07, 6.45) is 0. The molecule has 3 nitrogen and oxygen atoms in total. The molecule has 0 saturated heterocycles. The van der Waals surface area contributed by atoms with Gasteiger partial charge in [0.2, 0.25) is 5.91 Å². The fourth-order valence-corrected chi connectivity index (χ4v) is 1.65. The lowest BCUT2D eigenvalue weighted by Crippen LogP contribution is -2.43. The molecule has 0 aromatic heterocycles. The first-order valence-corrected chi connectivity index (χ1v) is 6.38. The Morgan fingerprint density at radius 2 is 2.00 bits per heavy atom. The lowest BCUT2D eigenvalue weighted by Gasteiger charge is -2.20. The van der Waals surface area contributed by atoms with E-state index in [-0.39, 0.29) is 11.4 Å². The van der Waals surface area contributed by atoms with Crippen LogP contribution in [0.1, 0.15) is 26.3 Å². The van der Waals surface area contributed by atoms with Crippen LogP contribution in [0.15, 0.2) is 22.7 Å². The predicted octanol–water partition coefficient (Wildman–Crippen LogP) is 3.08. The molecule has 0 atom stereocenters. The van der Waals surface area contributed by atoms with Crippen molar-refractivity contribution in [1.29, 1.82) is 0 Å². The molecule has 0 saturated carbocycles. The van der Waals surface area contributed by atoms with Crippen LogP contribution in [-0.4, -0.2) is 18.0 Å². The molecule has 0 spiro atoms. The molecule has 1 aromatic rings. The summed E-state index contributed by atoms with van der Waals surface area (Å²) in [5.41, 5.74) is 1.91. The number of nitrogens with one attached hydrogen (secondary N) is 2. The summed E-state index contributed by atoms with van der Waals surface area (Å²) >= 11 is 3.44. The third-order valence-electron chi connectivity index (χ3n) is 2.13. The van der Waals surface area contributed by atoms with Gasteiger partial charge in [-0.25, -0.2) is 0 Å². The van der Waals surface area contributed by atoms with Crippen molar-refractivity contribution >= 4 is 27.5 Å². The van der Waals surface area contributed by atoms with Crippen molar-refractivity contribution < 1.29 is 4.79 Å². The topological polar surface area (TPSA) is 41.1 Å². The summed E-state index contributed by atoms with van der Waals surface area (Å²) in [5.74, 6) is -0.00179. The van der Waals surface area contributed by atoms with Gasteiger partial charge >= 0.3 is 0 Å². The number of benzene rings is 1. The molecule has 94 valence electrons. The molecule has 4 heteroatoms. The van der Waals surface area contributed by atoms with Gasteiger partial charge < -0.3 is 10.6 Å². The molecule has 2 N–H and O–H groups in total. The maximum Gasteiger partial charge on any atom is 0.239 e. The number of rotatable bonds is 3. The van der Waals surface area contributed by atoms with Gasteiger partial charge in [0.1, 0.15) is 0 Å². The lowest BCUT2D eigenvalue weighted by molar-refractivity contribution is -0.120. The quantitative estimate of drug-likeness (QED) is 0.900. The van der Waals surface area contributed by atoms with Crippen LogP contribution < -0.4 is 10.6 Å². The van der Waals surface area contributed by atoms with E-state index in [0.29, 0.717) is 6.54 Å². The van der Waals surface area contributed by atoms with Crippen LogP contribution in [0.2, 0.25) is 0 Å². The van der Waals surface area contributed by atoms with E-state index >= 15 is 0 Å². The highest BCUT2D eigenvalue weighted by Gasteiger charge is 2.13. The van der Waals surface area contributed by atoms with Crippen LogP contribution in [0.3, 0.4) is 0 Å². The van der Waals surface area contributed by atoms with E-state index in [1.54, 1.807) is 0 Å². The zero-order valence-electron chi connectivity index (χ0n) is 10.7. The molecule has 17 heavy (non-hydrogen) atoms. The minimum absolute atomic E-state index is 0.00179. The average Bonchev–Trinajstić information content (AvgIpc) is 2.17. The second-order valence-corrected chi connectivity index (χ2v) is 5.97. The summed E-state index contributed by atoms with van der Waals surface area (Å²) in [5, 5.41) is 6.01. The Morgan fingerprint density at radius 1 is 1.35 bits per heavy atom. The zero-order valence-corrected chi connectivity index (χ0v) is 12.3. The normalized spacial score (nSPS) is 11.1. The molecule has 1 amide bonds. The first-order valence-electron chi connectivity index (χ1n) is 5.59. The smallest absolute Gasteiger partial charge is 0.239 e. The molecule has 0 aliphatic rings. The Morgan fingerprint density at radius 3 is 2.53 bits per heavy atom. The van der Waals surface area contributed by atoms with E-state index < -0.39 is 0 Å². The largest absolute Gasteiger partial charge is 0.376 e. The van der Waals surface area contributed by atoms with E-state index in [4.69, 9.17) is 0 Å². The van der Waals surface area contributed by atoms with Gasteiger partial charge in [0.05, 0.1) is 6.54 Å². The summed E-state index contributed by atoms with van der Waals surface area (Å²) in [6.45, 7) is 8.21. The number of hydrogen-bond donors (Lipinski definition) is 2. The van der Waals surface area contributed by atoms with Crippen LogP contribution >= 0.6 is 15.9 Å². The van der Waals surface area contributed by atoms with Crippen molar-refractivity contribution in [2.45, 2.75) is 33.2 Å². The highest BCUT2D eigenvalue weighted by molar-refractivity contribution is 9.10. The standard InChI is InChI=1S/C13H19BrN2O/c1-9-7-10(5-6-11(9)14)15-8-12(17)16-13(2,3)4/h5-7,15H,8H2,1-4H3,(H,16,17). The Labute approximate surface area is 111 Å². The van der Waals surface area contributed by atoms with Crippen molar-refractivity contribution in [2.24, 2.45) is 0 Å². The van der Waals surface area contributed by atoms with Gasteiger partial charge in [0.15, 0.2) is 0 Å². The van der Waals surface area contributed by atoms with Gasteiger partial charge in [-0.15, -0.1) is 0 Å². The second-order valence-electron chi connectivity index (χ2n) is 5.12. The number of amides is 1. The van der Waals surface area contributed by atoms with Crippen LogP contribution in [0.4, 0.5) is 5.69 Å². The third kappa shape index (κ3) is 5.22. The summed E-state index contributed by atoms with van der Waals surface area (Å²) in [7, 11) is 0. The van der Waals surface area contributed by atoms with Crippen molar-refractivity contribution in [1.82, 2.24) is 5.32 Å². The Bertz CT molecular complexity index is 410. The Kier molecular flexibility index (Phi) is 4.57. The zero-order chi connectivity index (χ0) is 13.1. The first kappa shape index (κ1) is 14.0. The van der Waals surface area contributed by atoms with Gasteiger partial charge in [0, 0.05) is 15.7 Å². The number of aryl methyl sites for hydroxylation is 1. The van der Waals surface area contributed by atoms with Crippen LogP contribution in [0.25, 0.3) is 0 Å². The molecule has 0 radical (unpaired) electrons. The highest BCUT2D eigenvalue weighted by atomic mass is 79.9. The molecule has 0 unspecified atom stereocenters. The number of anilines is 1. The van der Waals surface area contributed by atoms with E-state index in [1.807, 2.05) is 45.9 Å². The molecule has 0 aliphatic carbocycles. The van der Waals surface area contributed by atoms with E-state index in [1.165, 1.54) is 0 Å². The summed E-state index contributed by atoms with van der Waals surface area (Å²) < 4.78 is 1.07. The molecule has 0 heterocycles. The Hall–Kier alpha value is -1.03. The monoisotopic (exact) mass is 298 g/mol. The maximum absolute atomic E-state index is 11.6. The first-order chi connectivity index (χ1) is 7.78. The molecule has 0 fully saturated rings. The SMILES string of the molecule is Cc1cc(NCC(=O)NC(C)(C)C)ccc1Br. The minimum Gasteiger partial charge on any atom is -0.376 e. The summed E-state index contributed by atoms with van der Waals surface area (Å²) in [6, 6.07) is 5.93. The number of carbonyl (C=O) groups is 1. The maximum atomic E-state index is 11.6. The fraction of sp³-hybridized carbons (Fsp3) is 0.462. The van der Waals surface area contributed by atoms with Crippen LogP contribution in [-0.2, 0) is 4.79 Å². The van der Waals surface area contributed by atoms with Gasteiger partial charge in [-0.3, -0.25) is 4.79 Å².